The summed E-state index contributed by atoms with van der Waals surface area (Å²) < 4.78 is 16.3. The van der Waals surface area contributed by atoms with E-state index in [1.165, 1.54) is 7.11 Å². The van der Waals surface area contributed by atoms with E-state index in [4.69, 9.17) is 9.47 Å². The summed E-state index contributed by atoms with van der Waals surface area (Å²) in [5.74, 6) is -0.137. The summed E-state index contributed by atoms with van der Waals surface area (Å²) in [5.41, 5.74) is 0.873. The third kappa shape index (κ3) is 7.90. The van der Waals surface area contributed by atoms with E-state index in [0.717, 1.165) is 11.3 Å². The average molecular weight is 423 g/mol. The molecule has 2 amide bonds. The van der Waals surface area contributed by atoms with E-state index in [2.05, 4.69) is 10.1 Å². The first-order chi connectivity index (χ1) is 14.2. The van der Waals surface area contributed by atoms with Crippen molar-refractivity contribution in [3.8, 4) is 5.75 Å². The number of piperidine rings is 1. The number of nitrogens with zero attached hydrogens (tertiary/aromatic N) is 2. The minimum atomic E-state index is -0.489. The lowest BCUT2D eigenvalue weighted by Crippen LogP contribution is -2.44. The Hall–Kier alpha value is -2.81. The van der Waals surface area contributed by atoms with Crippen molar-refractivity contribution >= 4 is 18.0 Å². The molecule has 166 valence electrons. The monoisotopic (exact) mass is 422 g/mol. The van der Waals surface area contributed by atoms with Crippen LogP contribution in [0.4, 0.5) is 4.79 Å². The molecule has 1 aliphatic heterocycles. The average Bonchev–Trinajstić information content (AvgIpc) is 2.74. The minimum absolute atomic E-state index is 0.142. The summed E-state index contributed by atoms with van der Waals surface area (Å²) in [4.78, 5) is 37.1. The number of benzene rings is 1. The molecule has 0 spiro atoms. The van der Waals surface area contributed by atoms with Gasteiger partial charge < -0.3 is 24.4 Å². The van der Waals surface area contributed by atoms with E-state index in [9.17, 15) is 14.4 Å². The molecule has 0 radical (unpaired) electrons. The van der Waals surface area contributed by atoms with Gasteiger partial charge >= 0.3 is 12.1 Å². The lowest BCUT2D eigenvalue weighted by atomic mass is 9.96. The molecule has 1 aromatic rings. The van der Waals surface area contributed by atoms with Crippen LogP contribution in [0.3, 0.4) is 0 Å². The van der Waals surface area contributed by atoms with Gasteiger partial charge in [-0.05, 0) is 30.5 Å². The Labute approximate surface area is 177 Å². The maximum atomic E-state index is 12.3. The van der Waals surface area contributed by atoms with Crippen molar-refractivity contribution in [1.29, 1.82) is 0 Å². The van der Waals surface area contributed by atoms with Crippen LogP contribution in [0.2, 0.25) is 0 Å². The lowest BCUT2D eigenvalue weighted by Gasteiger charge is -2.30. The van der Waals surface area contributed by atoms with Crippen LogP contribution >= 0.6 is 0 Å². The van der Waals surface area contributed by atoms with Crippen molar-refractivity contribution in [2.75, 3.05) is 54.6 Å². The number of rotatable bonds is 8. The normalized spacial score (nSPS) is 14.7. The topological polar surface area (TPSA) is 94.2 Å². The first-order valence-corrected chi connectivity index (χ1v) is 9.96. The fourth-order valence-electron chi connectivity index (χ4n) is 2.89. The van der Waals surface area contributed by atoms with Gasteiger partial charge in [-0.15, -0.1) is 0 Å². The minimum Gasteiger partial charge on any atom is -0.468 e. The van der Waals surface area contributed by atoms with Crippen molar-refractivity contribution in [3.63, 3.8) is 0 Å². The van der Waals surface area contributed by atoms with Gasteiger partial charge in [0, 0.05) is 19.0 Å². The molecule has 1 aromatic carbocycles. The van der Waals surface area contributed by atoms with Crippen LogP contribution in [0.25, 0.3) is 0 Å². The van der Waals surface area contributed by atoms with E-state index >= 15 is 0 Å². The summed E-state index contributed by atoms with van der Waals surface area (Å²) in [5, 5.41) is 2.56. The number of quaternary nitrogens is 1. The summed E-state index contributed by atoms with van der Waals surface area (Å²) >= 11 is 0. The second-order valence-electron chi connectivity index (χ2n) is 8.32. The second-order valence-corrected chi connectivity index (χ2v) is 8.32. The highest BCUT2D eigenvalue weighted by molar-refractivity contribution is 5.83. The van der Waals surface area contributed by atoms with Crippen molar-refractivity contribution in [1.82, 2.24) is 10.2 Å². The molecule has 1 aliphatic rings. The molecule has 0 unspecified atom stereocenters. The fourth-order valence-corrected chi connectivity index (χ4v) is 2.89. The third-order valence-corrected chi connectivity index (χ3v) is 4.66. The number of ether oxygens (including phenoxy) is 3. The molecule has 9 heteroatoms. The molecule has 1 saturated heterocycles. The van der Waals surface area contributed by atoms with Crippen molar-refractivity contribution in [2.45, 2.75) is 19.4 Å². The molecule has 30 heavy (non-hydrogen) atoms. The SMILES string of the molecule is COC(=O)CNC(=O)C1CCN(C(=O)OCc2ccc(OC[N+](C)(C)C)cc2)CC1. The molecule has 1 fully saturated rings. The molecular formula is C21H32N3O6+. The lowest BCUT2D eigenvalue weighted by molar-refractivity contribution is -0.886. The number of amides is 2. The van der Waals surface area contributed by atoms with Gasteiger partial charge in [0.25, 0.3) is 0 Å². The maximum Gasteiger partial charge on any atom is 0.410 e. The van der Waals surface area contributed by atoms with Gasteiger partial charge in [-0.3, -0.25) is 14.1 Å². The van der Waals surface area contributed by atoms with Gasteiger partial charge in [0.05, 0.1) is 28.3 Å². The van der Waals surface area contributed by atoms with Crippen LogP contribution in [-0.2, 0) is 25.7 Å². The van der Waals surface area contributed by atoms with E-state index in [-0.39, 0.29) is 25.0 Å². The molecule has 0 aromatic heterocycles. The summed E-state index contributed by atoms with van der Waals surface area (Å²) in [6.07, 6.45) is 0.662. The van der Waals surface area contributed by atoms with Crippen LogP contribution in [0.15, 0.2) is 24.3 Å². The standard InChI is InChI=1S/C21H31N3O6/c1-24(2,3)15-30-18-7-5-16(6-8-18)14-29-21(27)23-11-9-17(10-12-23)20(26)22-13-19(25)28-4/h5-8,17H,9-15H2,1-4H3/p+1. The maximum absolute atomic E-state index is 12.3. The van der Waals surface area contributed by atoms with Crippen LogP contribution in [0.1, 0.15) is 18.4 Å². The Morgan fingerprint density at radius 2 is 1.73 bits per heavy atom. The fraction of sp³-hybridized carbons (Fsp3) is 0.571. The number of methoxy groups -OCH3 is 1. The van der Waals surface area contributed by atoms with E-state index in [1.807, 2.05) is 45.4 Å². The van der Waals surface area contributed by atoms with Crippen LogP contribution < -0.4 is 10.1 Å². The number of hydrogen-bond donors (Lipinski definition) is 1. The number of carbonyl (C=O) groups is 3. The van der Waals surface area contributed by atoms with Crippen molar-refractivity contribution in [3.05, 3.63) is 29.8 Å². The Morgan fingerprint density at radius 3 is 2.30 bits per heavy atom. The van der Waals surface area contributed by atoms with E-state index < -0.39 is 12.1 Å². The third-order valence-electron chi connectivity index (χ3n) is 4.66. The molecule has 9 nitrogen and oxygen atoms in total. The van der Waals surface area contributed by atoms with Gasteiger partial charge in [0.2, 0.25) is 12.6 Å². The molecule has 1 heterocycles. The Kier molecular flexibility index (Phi) is 8.46. The highest BCUT2D eigenvalue weighted by Crippen LogP contribution is 2.19. The number of carbonyl (C=O) groups excluding carboxylic acids is 3. The highest BCUT2D eigenvalue weighted by atomic mass is 16.6. The van der Waals surface area contributed by atoms with Gasteiger partial charge in [-0.25, -0.2) is 4.79 Å². The largest absolute Gasteiger partial charge is 0.468 e. The summed E-state index contributed by atoms with van der Waals surface area (Å²) in [6.45, 7) is 1.47. The van der Waals surface area contributed by atoms with Crippen LogP contribution in [-0.4, -0.2) is 82.0 Å². The van der Waals surface area contributed by atoms with E-state index in [0.29, 0.717) is 37.1 Å². The van der Waals surface area contributed by atoms with Crippen molar-refractivity contribution < 1.29 is 33.1 Å². The molecular weight excluding hydrogens is 390 g/mol. The zero-order valence-electron chi connectivity index (χ0n) is 18.2. The van der Waals surface area contributed by atoms with Gasteiger partial charge in [-0.2, -0.15) is 0 Å². The van der Waals surface area contributed by atoms with Gasteiger partial charge in [0.1, 0.15) is 18.9 Å². The molecule has 0 saturated carbocycles. The Balaban J connectivity index is 1.71. The smallest absolute Gasteiger partial charge is 0.410 e. The zero-order valence-corrected chi connectivity index (χ0v) is 18.2. The van der Waals surface area contributed by atoms with Crippen LogP contribution in [0, 0.1) is 5.92 Å². The van der Waals surface area contributed by atoms with Gasteiger partial charge in [-0.1, -0.05) is 12.1 Å². The summed E-state index contributed by atoms with van der Waals surface area (Å²) in [6, 6.07) is 7.46. The second kappa shape index (κ2) is 10.8. The molecule has 2 rings (SSSR count). The summed E-state index contributed by atoms with van der Waals surface area (Å²) in [7, 11) is 7.41. The number of esters is 1. The van der Waals surface area contributed by atoms with Crippen LogP contribution in [0.5, 0.6) is 5.75 Å². The van der Waals surface area contributed by atoms with Crippen molar-refractivity contribution in [2.24, 2.45) is 5.92 Å². The Morgan fingerprint density at radius 1 is 1.10 bits per heavy atom. The number of likely N-dealkylation sites (tertiary alicyclic amines) is 1. The number of nitrogens with one attached hydrogen (secondary N) is 1. The molecule has 1 N–H and O–H groups in total. The first kappa shape index (κ1) is 23.5. The highest BCUT2D eigenvalue weighted by Gasteiger charge is 2.28. The predicted octanol–water partition coefficient (Wildman–Crippen LogP) is 1.37. The van der Waals surface area contributed by atoms with Gasteiger partial charge in [0.15, 0.2) is 0 Å². The molecule has 0 aliphatic carbocycles. The molecule has 0 atom stereocenters. The van der Waals surface area contributed by atoms with E-state index in [1.54, 1.807) is 4.90 Å². The predicted molar refractivity (Wildman–Crippen MR) is 109 cm³/mol. The first-order valence-electron chi connectivity index (χ1n) is 9.96. The Bertz CT molecular complexity index is 721. The number of hydrogen-bond acceptors (Lipinski definition) is 6. The quantitative estimate of drug-likeness (QED) is 0.386. The molecule has 0 bridgehead atoms. The zero-order chi connectivity index (χ0) is 22.1.